The van der Waals surface area contributed by atoms with Gasteiger partial charge in [0.25, 0.3) is 0 Å². The van der Waals surface area contributed by atoms with Crippen molar-refractivity contribution >= 4 is 0 Å². The van der Waals surface area contributed by atoms with Crippen LogP contribution < -0.4 is 10.5 Å². The second-order valence-electron chi connectivity index (χ2n) is 4.98. The summed E-state index contributed by atoms with van der Waals surface area (Å²) in [7, 11) is 0. The lowest BCUT2D eigenvalue weighted by Gasteiger charge is -2.11. The van der Waals surface area contributed by atoms with Gasteiger partial charge in [-0.25, -0.2) is 4.39 Å². The van der Waals surface area contributed by atoms with Crippen molar-refractivity contribution in [1.82, 2.24) is 0 Å². The van der Waals surface area contributed by atoms with Gasteiger partial charge in [-0.05, 0) is 43.4 Å². The van der Waals surface area contributed by atoms with E-state index in [1.165, 1.54) is 6.07 Å². The molecule has 1 aromatic carbocycles. The number of rotatable bonds is 6. The van der Waals surface area contributed by atoms with Crippen molar-refractivity contribution in [3.63, 3.8) is 0 Å². The average molecular weight is 239 g/mol. The zero-order chi connectivity index (χ0) is 12.8. The number of nitrogens with two attached hydrogens (primary N) is 1. The third kappa shape index (κ3) is 5.18. The van der Waals surface area contributed by atoms with Crippen molar-refractivity contribution in [3.05, 3.63) is 29.6 Å². The molecule has 1 aromatic rings. The molecule has 2 nitrogen and oxygen atoms in total. The standard InChI is InChI=1S/C14H22FNO/c1-10(2)6-7-17-14-5-4-12(8-11(3)16)9-13(14)15/h4-5,9-11H,6-8,16H2,1-3H3. The first kappa shape index (κ1) is 14.0. The summed E-state index contributed by atoms with van der Waals surface area (Å²) in [6, 6.07) is 5.11. The maximum atomic E-state index is 13.7. The minimum atomic E-state index is -0.299. The van der Waals surface area contributed by atoms with E-state index < -0.39 is 0 Å². The largest absolute Gasteiger partial charge is 0.491 e. The first-order valence-electron chi connectivity index (χ1n) is 6.16. The Kier molecular flexibility index (Phi) is 5.42. The zero-order valence-corrected chi connectivity index (χ0v) is 10.9. The van der Waals surface area contributed by atoms with E-state index in [-0.39, 0.29) is 11.9 Å². The highest BCUT2D eigenvalue weighted by atomic mass is 19.1. The van der Waals surface area contributed by atoms with E-state index in [1.54, 1.807) is 6.07 Å². The van der Waals surface area contributed by atoms with E-state index in [4.69, 9.17) is 10.5 Å². The molecule has 17 heavy (non-hydrogen) atoms. The van der Waals surface area contributed by atoms with Gasteiger partial charge in [0.15, 0.2) is 11.6 Å². The molecule has 0 radical (unpaired) electrons. The Hall–Kier alpha value is -1.09. The summed E-state index contributed by atoms with van der Waals surface area (Å²) in [5, 5.41) is 0. The lowest BCUT2D eigenvalue weighted by atomic mass is 10.1. The van der Waals surface area contributed by atoms with Gasteiger partial charge in [-0.3, -0.25) is 0 Å². The van der Waals surface area contributed by atoms with Crippen LogP contribution in [0.25, 0.3) is 0 Å². The Morgan fingerprint density at radius 3 is 2.53 bits per heavy atom. The molecule has 0 fully saturated rings. The first-order valence-corrected chi connectivity index (χ1v) is 6.16. The summed E-state index contributed by atoms with van der Waals surface area (Å²) in [5.41, 5.74) is 6.58. The van der Waals surface area contributed by atoms with Crippen LogP contribution in [0.5, 0.6) is 5.75 Å². The highest BCUT2D eigenvalue weighted by molar-refractivity contribution is 5.29. The van der Waals surface area contributed by atoms with Crippen LogP contribution in [0.1, 0.15) is 32.8 Å². The van der Waals surface area contributed by atoms with Crippen LogP contribution in [0.3, 0.4) is 0 Å². The maximum absolute atomic E-state index is 13.7. The van der Waals surface area contributed by atoms with Gasteiger partial charge in [0.2, 0.25) is 0 Å². The summed E-state index contributed by atoms with van der Waals surface area (Å²) in [5.74, 6) is 0.599. The third-order valence-corrected chi connectivity index (χ3v) is 2.51. The number of ether oxygens (including phenoxy) is 1. The molecule has 0 aliphatic carbocycles. The van der Waals surface area contributed by atoms with Crippen LogP contribution >= 0.6 is 0 Å². The Bertz CT molecular complexity index is 350. The highest BCUT2D eigenvalue weighted by Crippen LogP contribution is 2.19. The molecule has 0 aromatic heterocycles. The summed E-state index contributed by atoms with van der Waals surface area (Å²) in [6.45, 7) is 6.70. The lowest BCUT2D eigenvalue weighted by molar-refractivity contribution is 0.276. The predicted octanol–water partition coefficient (Wildman–Crippen LogP) is 3.14. The van der Waals surface area contributed by atoms with E-state index in [1.807, 2.05) is 13.0 Å². The second kappa shape index (κ2) is 6.60. The molecule has 2 N–H and O–H groups in total. The Morgan fingerprint density at radius 1 is 1.29 bits per heavy atom. The molecule has 0 amide bonds. The van der Waals surface area contributed by atoms with E-state index in [0.717, 1.165) is 12.0 Å². The molecule has 0 heterocycles. The van der Waals surface area contributed by atoms with E-state index in [0.29, 0.717) is 24.7 Å². The molecule has 96 valence electrons. The minimum absolute atomic E-state index is 0.0436. The fraction of sp³-hybridized carbons (Fsp3) is 0.571. The highest BCUT2D eigenvalue weighted by Gasteiger charge is 2.06. The van der Waals surface area contributed by atoms with Gasteiger partial charge < -0.3 is 10.5 Å². The molecule has 1 atom stereocenters. The molecule has 1 unspecified atom stereocenters. The summed E-state index contributed by atoms with van der Waals surface area (Å²) in [4.78, 5) is 0. The monoisotopic (exact) mass is 239 g/mol. The van der Waals surface area contributed by atoms with Gasteiger partial charge in [-0.1, -0.05) is 19.9 Å². The quantitative estimate of drug-likeness (QED) is 0.827. The van der Waals surface area contributed by atoms with Crippen molar-refractivity contribution in [1.29, 1.82) is 0 Å². The molecule has 0 aliphatic heterocycles. The molecule has 3 heteroatoms. The molecule has 0 aliphatic rings. The molecule has 0 saturated heterocycles. The first-order chi connectivity index (χ1) is 7.99. The topological polar surface area (TPSA) is 35.2 Å². The summed E-state index contributed by atoms with van der Waals surface area (Å²) < 4.78 is 19.1. The summed E-state index contributed by atoms with van der Waals surface area (Å²) >= 11 is 0. The second-order valence-corrected chi connectivity index (χ2v) is 4.98. The van der Waals surface area contributed by atoms with Crippen LogP contribution in [0.2, 0.25) is 0 Å². The van der Waals surface area contributed by atoms with E-state index in [2.05, 4.69) is 13.8 Å². The average Bonchev–Trinajstić information content (AvgIpc) is 2.20. The van der Waals surface area contributed by atoms with Crippen LogP contribution in [0, 0.1) is 11.7 Å². The Morgan fingerprint density at radius 2 is 2.00 bits per heavy atom. The van der Waals surface area contributed by atoms with Crippen LogP contribution in [-0.4, -0.2) is 12.6 Å². The SMILES string of the molecule is CC(C)CCOc1ccc(CC(C)N)cc1F. The van der Waals surface area contributed by atoms with Crippen LogP contribution in [0.15, 0.2) is 18.2 Å². The smallest absolute Gasteiger partial charge is 0.165 e. The number of hydrogen-bond donors (Lipinski definition) is 1. The lowest BCUT2D eigenvalue weighted by Crippen LogP contribution is -2.17. The number of benzene rings is 1. The van der Waals surface area contributed by atoms with Gasteiger partial charge in [-0.15, -0.1) is 0 Å². The maximum Gasteiger partial charge on any atom is 0.165 e. The fourth-order valence-electron chi connectivity index (χ4n) is 1.56. The number of halogens is 1. The van der Waals surface area contributed by atoms with Crippen molar-refractivity contribution in [2.75, 3.05) is 6.61 Å². The molecule has 0 saturated carbocycles. The molecule has 0 bridgehead atoms. The molecule has 1 rings (SSSR count). The van der Waals surface area contributed by atoms with Crippen LogP contribution in [0.4, 0.5) is 4.39 Å². The Balaban J connectivity index is 2.57. The van der Waals surface area contributed by atoms with Gasteiger partial charge >= 0.3 is 0 Å². The third-order valence-electron chi connectivity index (χ3n) is 2.51. The Labute approximate surface area is 103 Å². The van der Waals surface area contributed by atoms with Crippen molar-refractivity contribution in [2.24, 2.45) is 11.7 Å². The van der Waals surface area contributed by atoms with Gasteiger partial charge in [0.05, 0.1) is 6.61 Å². The van der Waals surface area contributed by atoms with E-state index in [9.17, 15) is 4.39 Å². The van der Waals surface area contributed by atoms with E-state index >= 15 is 0 Å². The number of hydrogen-bond acceptors (Lipinski definition) is 2. The van der Waals surface area contributed by atoms with Gasteiger partial charge in [-0.2, -0.15) is 0 Å². The van der Waals surface area contributed by atoms with Crippen molar-refractivity contribution < 1.29 is 9.13 Å². The van der Waals surface area contributed by atoms with Gasteiger partial charge in [0, 0.05) is 6.04 Å². The predicted molar refractivity (Wildman–Crippen MR) is 68.7 cm³/mol. The van der Waals surface area contributed by atoms with Crippen molar-refractivity contribution in [2.45, 2.75) is 39.7 Å². The molecular formula is C14H22FNO. The minimum Gasteiger partial charge on any atom is -0.491 e. The fourth-order valence-corrected chi connectivity index (χ4v) is 1.56. The normalized spacial score (nSPS) is 12.8. The van der Waals surface area contributed by atoms with Gasteiger partial charge in [0.1, 0.15) is 0 Å². The van der Waals surface area contributed by atoms with Crippen LogP contribution in [-0.2, 0) is 6.42 Å². The molecular weight excluding hydrogens is 217 g/mol. The summed E-state index contributed by atoms with van der Waals surface area (Å²) in [6.07, 6.45) is 1.62. The van der Waals surface area contributed by atoms with Crippen molar-refractivity contribution in [3.8, 4) is 5.75 Å². The molecule has 0 spiro atoms. The zero-order valence-electron chi connectivity index (χ0n) is 10.9.